The van der Waals surface area contributed by atoms with Gasteiger partial charge in [-0.3, -0.25) is 0 Å². The number of epoxide rings is 2. The zero-order valence-corrected chi connectivity index (χ0v) is 18.1. The van der Waals surface area contributed by atoms with E-state index in [9.17, 15) is 9.90 Å². The maximum Gasteiger partial charge on any atom is 0.410 e. The highest BCUT2D eigenvalue weighted by Crippen LogP contribution is 2.59. The number of aliphatic hydroxyl groups is 1. The van der Waals surface area contributed by atoms with E-state index in [2.05, 4.69) is 26.8 Å². The molecule has 164 valence electrons. The first-order valence-electron chi connectivity index (χ1n) is 10.9. The van der Waals surface area contributed by atoms with E-state index in [1.165, 1.54) is 5.57 Å². The van der Waals surface area contributed by atoms with Crippen LogP contribution in [-0.2, 0) is 18.9 Å². The van der Waals surface area contributed by atoms with Crippen LogP contribution in [0, 0.1) is 5.92 Å². The van der Waals surface area contributed by atoms with Crippen molar-refractivity contribution in [3.05, 3.63) is 11.6 Å². The smallest absolute Gasteiger partial charge is 0.410 e. The molecule has 4 aliphatic rings. The van der Waals surface area contributed by atoms with Crippen LogP contribution in [0.15, 0.2) is 11.6 Å². The van der Waals surface area contributed by atoms with Crippen LogP contribution >= 0.6 is 0 Å². The molecule has 3 saturated heterocycles. The van der Waals surface area contributed by atoms with Gasteiger partial charge in [0, 0.05) is 13.7 Å². The fourth-order valence-corrected chi connectivity index (χ4v) is 5.53. The van der Waals surface area contributed by atoms with Gasteiger partial charge in [-0.2, -0.15) is 0 Å². The lowest BCUT2D eigenvalue weighted by molar-refractivity contribution is -0.122. The van der Waals surface area contributed by atoms with Crippen LogP contribution in [0.25, 0.3) is 0 Å². The molecule has 1 N–H and O–H groups in total. The van der Waals surface area contributed by atoms with Crippen molar-refractivity contribution < 1.29 is 28.8 Å². The molecule has 3 unspecified atom stereocenters. The quantitative estimate of drug-likeness (QED) is 0.536. The molecule has 29 heavy (non-hydrogen) atoms. The van der Waals surface area contributed by atoms with Gasteiger partial charge >= 0.3 is 6.09 Å². The Morgan fingerprint density at radius 3 is 2.72 bits per heavy atom. The van der Waals surface area contributed by atoms with E-state index in [1.807, 2.05) is 0 Å². The Kier molecular flexibility index (Phi) is 5.70. The van der Waals surface area contributed by atoms with Gasteiger partial charge in [-0.15, -0.1) is 0 Å². The molecule has 0 aromatic rings. The van der Waals surface area contributed by atoms with Crippen molar-refractivity contribution in [1.82, 2.24) is 4.90 Å². The van der Waals surface area contributed by atoms with Gasteiger partial charge in [-0.25, -0.2) is 4.79 Å². The summed E-state index contributed by atoms with van der Waals surface area (Å²) in [4.78, 5) is 14.5. The van der Waals surface area contributed by atoms with Crippen LogP contribution in [0.1, 0.15) is 52.9 Å². The van der Waals surface area contributed by atoms with E-state index in [4.69, 9.17) is 18.9 Å². The Morgan fingerprint density at radius 1 is 1.34 bits per heavy atom. The SMILES string of the molecule is COC1C(OC(=O)N2CCC[C@H]2CO)CC[C@]2(CO2)C1[C@]1(C)O[C@@H]1CC=C(C)C. The lowest BCUT2D eigenvalue weighted by Crippen LogP contribution is -2.56. The number of carbonyl (C=O) groups is 1. The van der Waals surface area contributed by atoms with Crippen molar-refractivity contribution in [2.45, 2.75) is 88.4 Å². The molecule has 1 aliphatic carbocycles. The summed E-state index contributed by atoms with van der Waals surface area (Å²) < 4.78 is 24.0. The molecule has 3 aliphatic heterocycles. The predicted molar refractivity (Wildman–Crippen MR) is 107 cm³/mol. The predicted octanol–water partition coefficient (Wildman–Crippen LogP) is 2.66. The minimum Gasteiger partial charge on any atom is -0.443 e. The molecule has 0 bridgehead atoms. The Morgan fingerprint density at radius 2 is 2.10 bits per heavy atom. The lowest BCUT2D eigenvalue weighted by atomic mass is 9.68. The molecule has 3 heterocycles. The molecule has 1 saturated carbocycles. The van der Waals surface area contributed by atoms with Crippen molar-refractivity contribution in [3.8, 4) is 0 Å². The topological polar surface area (TPSA) is 84.1 Å². The second-order valence-electron chi connectivity index (χ2n) is 9.47. The number of hydrogen-bond donors (Lipinski definition) is 1. The van der Waals surface area contributed by atoms with Crippen molar-refractivity contribution >= 4 is 6.09 Å². The zero-order valence-electron chi connectivity index (χ0n) is 18.1. The molecule has 4 fully saturated rings. The zero-order chi connectivity index (χ0) is 20.8. The first-order valence-corrected chi connectivity index (χ1v) is 10.9. The molecule has 0 radical (unpaired) electrons. The van der Waals surface area contributed by atoms with E-state index in [-0.39, 0.29) is 54.2 Å². The van der Waals surface area contributed by atoms with Gasteiger partial charge in [0.25, 0.3) is 0 Å². The fraction of sp³-hybridized carbons (Fsp3) is 0.864. The standard InChI is InChI=1S/C22H35NO6/c1-14(2)7-8-17-21(3,29-17)19-18(26-4)16(9-10-22(19)13-27-22)28-20(25)23-11-5-6-15(23)12-24/h7,15-19,24H,5-6,8-13H2,1-4H3/t15-,16?,17+,18?,19?,21+,22-/m0/s1. The van der Waals surface area contributed by atoms with Gasteiger partial charge < -0.3 is 29.0 Å². The fourth-order valence-electron chi connectivity index (χ4n) is 5.53. The average molecular weight is 410 g/mol. The number of ether oxygens (including phenoxy) is 4. The third kappa shape index (κ3) is 3.82. The van der Waals surface area contributed by atoms with Crippen LogP contribution in [0.4, 0.5) is 4.79 Å². The largest absolute Gasteiger partial charge is 0.443 e. The summed E-state index contributed by atoms with van der Waals surface area (Å²) in [6.07, 6.45) is 5.54. The molecule has 1 spiro atoms. The number of likely N-dealkylation sites (tertiary alicyclic amines) is 1. The molecule has 1 amide bonds. The molecule has 0 aromatic heterocycles. The highest BCUT2D eigenvalue weighted by atomic mass is 16.6. The first-order chi connectivity index (χ1) is 13.8. The number of amides is 1. The maximum absolute atomic E-state index is 12.8. The maximum atomic E-state index is 12.8. The van der Waals surface area contributed by atoms with Crippen LogP contribution in [0.5, 0.6) is 0 Å². The van der Waals surface area contributed by atoms with Gasteiger partial charge in [-0.05, 0) is 52.9 Å². The minimum atomic E-state index is -0.344. The van der Waals surface area contributed by atoms with Gasteiger partial charge in [0.15, 0.2) is 0 Å². The van der Waals surface area contributed by atoms with Crippen LogP contribution in [0.3, 0.4) is 0 Å². The average Bonchev–Trinajstić information content (AvgIpc) is 3.54. The van der Waals surface area contributed by atoms with E-state index in [1.54, 1.807) is 12.0 Å². The monoisotopic (exact) mass is 409 g/mol. The van der Waals surface area contributed by atoms with Crippen molar-refractivity contribution in [1.29, 1.82) is 0 Å². The number of methoxy groups -OCH3 is 1. The highest BCUT2D eigenvalue weighted by molar-refractivity contribution is 5.68. The summed E-state index contributed by atoms with van der Waals surface area (Å²) in [6.45, 7) is 7.66. The van der Waals surface area contributed by atoms with E-state index >= 15 is 0 Å². The van der Waals surface area contributed by atoms with Gasteiger partial charge in [0.1, 0.15) is 23.4 Å². The number of carbonyl (C=O) groups excluding carboxylic acids is 1. The second-order valence-corrected chi connectivity index (χ2v) is 9.47. The summed E-state index contributed by atoms with van der Waals surface area (Å²) in [5.74, 6) is 0.0225. The third-order valence-electron chi connectivity index (χ3n) is 7.31. The molecular weight excluding hydrogens is 374 g/mol. The third-order valence-corrected chi connectivity index (χ3v) is 7.31. The van der Waals surface area contributed by atoms with Crippen molar-refractivity contribution in [2.75, 3.05) is 26.9 Å². The van der Waals surface area contributed by atoms with Gasteiger partial charge in [0.2, 0.25) is 0 Å². The van der Waals surface area contributed by atoms with Gasteiger partial charge in [-0.1, -0.05) is 11.6 Å². The Bertz CT molecular complexity index is 658. The Hall–Kier alpha value is -1.15. The number of nitrogens with zero attached hydrogens (tertiary/aromatic N) is 1. The number of rotatable bonds is 6. The number of allylic oxidation sites excluding steroid dienone is 1. The van der Waals surface area contributed by atoms with Crippen LogP contribution in [0.2, 0.25) is 0 Å². The Labute approximate surface area is 173 Å². The lowest BCUT2D eigenvalue weighted by Gasteiger charge is -2.43. The van der Waals surface area contributed by atoms with E-state index in [0.717, 1.165) is 25.7 Å². The first kappa shape index (κ1) is 21.1. The van der Waals surface area contributed by atoms with Gasteiger partial charge in [0.05, 0.1) is 31.3 Å². The van der Waals surface area contributed by atoms with E-state index < -0.39 is 0 Å². The molecule has 7 nitrogen and oxygen atoms in total. The molecule has 0 aromatic carbocycles. The summed E-state index contributed by atoms with van der Waals surface area (Å²) >= 11 is 0. The molecule has 7 heteroatoms. The molecule has 4 rings (SSSR count). The summed E-state index contributed by atoms with van der Waals surface area (Å²) in [7, 11) is 1.68. The van der Waals surface area contributed by atoms with E-state index in [0.29, 0.717) is 19.6 Å². The molecular formula is C22H35NO6. The minimum absolute atomic E-state index is 0.0225. The Balaban J connectivity index is 1.48. The van der Waals surface area contributed by atoms with Crippen LogP contribution < -0.4 is 0 Å². The normalized spacial score (nSPS) is 43.3. The van der Waals surface area contributed by atoms with Crippen LogP contribution in [-0.4, -0.2) is 78.5 Å². The number of hydrogen-bond acceptors (Lipinski definition) is 6. The summed E-state index contributed by atoms with van der Waals surface area (Å²) in [6, 6.07) is -0.140. The van der Waals surface area contributed by atoms with Crippen molar-refractivity contribution in [2.24, 2.45) is 5.92 Å². The van der Waals surface area contributed by atoms with Crippen molar-refractivity contribution in [3.63, 3.8) is 0 Å². The summed E-state index contributed by atoms with van der Waals surface area (Å²) in [5, 5.41) is 9.53. The molecule has 7 atom stereocenters. The second kappa shape index (κ2) is 7.84. The highest BCUT2D eigenvalue weighted by Gasteiger charge is 2.72. The number of aliphatic hydroxyl groups excluding tert-OH is 1. The summed E-state index contributed by atoms with van der Waals surface area (Å²) in [5.41, 5.74) is 0.720.